The molecule has 1 saturated carbocycles. The zero-order valence-electron chi connectivity index (χ0n) is 18.8. The Balaban J connectivity index is 1.49. The van der Waals surface area contributed by atoms with Gasteiger partial charge in [0.1, 0.15) is 5.76 Å². The monoisotopic (exact) mass is 444 g/mol. The summed E-state index contributed by atoms with van der Waals surface area (Å²) in [7, 11) is 0. The summed E-state index contributed by atoms with van der Waals surface area (Å²) in [6, 6.07) is 11.5. The first-order valence-electron chi connectivity index (χ1n) is 11.8. The summed E-state index contributed by atoms with van der Waals surface area (Å²) >= 11 is 0. The molecule has 0 radical (unpaired) electrons. The highest BCUT2D eigenvalue weighted by Gasteiger charge is 2.29. The van der Waals surface area contributed by atoms with E-state index >= 15 is 0 Å². The number of hydrogen-bond acceptors (Lipinski definition) is 5. The Morgan fingerprint density at radius 3 is 2.73 bits per heavy atom. The second kappa shape index (κ2) is 9.22. The van der Waals surface area contributed by atoms with Gasteiger partial charge in [-0.25, -0.2) is 9.78 Å². The van der Waals surface area contributed by atoms with Gasteiger partial charge in [-0.1, -0.05) is 31.0 Å². The third-order valence-electron chi connectivity index (χ3n) is 6.59. The number of rotatable bonds is 5. The van der Waals surface area contributed by atoms with Crippen LogP contribution in [-0.4, -0.2) is 29.0 Å². The van der Waals surface area contributed by atoms with E-state index in [1.165, 1.54) is 0 Å². The highest BCUT2D eigenvalue weighted by molar-refractivity contribution is 6.07. The number of hydrogen-bond donors (Lipinski definition) is 1. The second-order valence-electron chi connectivity index (χ2n) is 8.91. The molecule has 2 aromatic heterocycles. The van der Waals surface area contributed by atoms with Crippen LogP contribution < -0.4 is 5.32 Å². The Hall–Kier alpha value is -3.41. The standard InChI is InChI=1S/C27H28N2O4/c1-17(26(30)28-19-9-2-3-10-19)33-27(31)24-21-12-4-5-14-23(21)29-25-18(8-6-13-22(24)25)16-20-11-7-15-32-20/h4-5,7,11-12,14-17,19H,2-3,6,8-10,13H2,1H3,(H,28,30). The Morgan fingerprint density at radius 1 is 1.12 bits per heavy atom. The summed E-state index contributed by atoms with van der Waals surface area (Å²) < 4.78 is 11.2. The number of esters is 1. The summed E-state index contributed by atoms with van der Waals surface area (Å²) in [6.07, 6.45) is 9.49. The van der Waals surface area contributed by atoms with Crippen molar-refractivity contribution in [1.82, 2.24) is 10.3 Å². The van der Waals surface area contributed by atoms with E-state index in [2.05, 4.69) is 5.32 Å². The molecule has 33 heavy (non-hydrogen) atoms. The summed E-state index contributed by atoms with van der Waals surface area (Å²) in [6.45, 7) is 1.64. The molecule has 2 heterocycles. The van der Waals surface area contributed by atoms with Gasteiger partial charge in [0, 0.05) is 11.4 Å². The van der Waals surface area contributed by atoms with E-state index < -0.39 is 12.1 Å². The first-order valence-corrected chi connectivity index (χ1v) is 11.8. The Labute approximate surface area is 193 Å². The predicted octanol–water partition coefficient (Wildman–Crippen LogP) is 5.31. The number of para-hydroxylation sites is 1. The minimum absolute atomic E-state index is 0.183. The topological polar surface area (TPSA) is 81.4 Å². The van der Waals surface area contributed by atoms with Gasteiger partial charge in [-0.3, -0.25) is 4.79 Å². The van der Waals surface area contributed by atoms with Crippen molar-refractivity contribution in [3.8, 4) is 0 Å². The van der Waals surface area contributed by atoms with Crippen LogP contribution in [0.5, 0.6) is 0 Å². The van der Waals surface area contributed by atoms with Gasteiger partial charge in [0.05, 0.1) is 23.0 Å². The average molecular weight is 445 g/mol. The number of nitrogens with zero attached hydrogens (tertiary/aromatic N) is 1. The van der Waals surface area contributed by atoms with Crippen LogP contribution in [0.2, 0.25) is 0 Å². The zero-order valence-corrected chi connectivity index (χ0v) is 18.8. The smallest absolute Gasteiger partial charge is 0.339 e. The Morgan fingerprint density at radius 2 is 1.94 bits per heavy atom. The Bertz CT molecular complexity index is 1210. The maximum atomic E-state index is 13.4. The van der Waals surface area contributed by atoms with E-state index in [1.54, 1.807) is 13.2 Å². The summed E-state index contributed by atoms with van der Waals surface area (Å²) in [5.74, 6) is 0.0493. The fourth-order valence-electron chi connectivity index (χ4n) is 4.91. The average Bonchev–Trinajstić information content (AvgIpc) is 3.52. The van der Waals surface area contributed by atoms with Crippen LogP contribution in [0.15, 0.2) is 47.1 Å². The molecule has 0 aliphatic heterocycles. The van der Waals surface area contributed by atoms with Crippen molar-refractivity contribution < 1.29 is 18.7 Å². The molecule has 0 spiro atoms. The van der Waals surface area contributed by atoms with Gasteiger partial charge < -0.3 is 14.5 Å². The summed E-state index contributed by atoms with van der Waals surface area (Å²) in [5.41, 5.74) is 3.98. The number of furan rings is 1. The number of fused-ring (bicyclic) bond motifs is 2. The quantitative estimate of drug-likeness (QED) is 0.540. The van der Waals surface area contributed by atoms with E-state index in [1.807, 2.05) is 42.5 Å². The first-order chi connectivity index (χ1) is 16.1. The van der Waals surface area contributed by atoms with E-state index in [-0.39, 0.29) is 11.9 Å². The molecular formula is C27H28N2O4. The zero-order chi connectivity index (χ0) is 22.8. The fraction of sp³-hybridized carbons (Fsp3) is 0.370. The molecule has 2 aliphatic rings. The molecule has 1 unspecified atom stereocenters. The number of ether oxygens (including phenoxy) is 1. The number of carbonyl (C=O) groups is 2. The molecular weight excluding hydrogens is 416 g/mol. The molecule has 1 fully saturated rings. The van der Waals surface area contributed by atoms with Gasteiger partial charge in [-0.15, -0.1) is 0 Å². The molecule has 3 aromatic rings. The van der Waals surface area contributed by atoms with E-state index in [0.717, 1.165) is 78.4 Å². The van der Waals surface area contributed by atoms with Crippen LogP contribution in [0.1, 0.15) is 72.8 Å². The number of pyridine rings is 1. The maximum absolute atomic E-state index is 13.4. The number of amides is 1. The van der Waals surface area contributed by atoms with Crippen LogP contribution in [0, 0.1) is 0 Å². The lowest BCUT2D eigenvalue weighted by atomic mass is 9.86. The van der Waals surface area contributed by atoms with Gasteiger partial charge >= 0.3 is 5.97 Å². The van der Waals surface area contributed by atoms with Crippen molar-refractivity contribution in [2.24, 2.45) is 0 Å². The molecule has 0 bridgehead atoms. The fourth-order valence-corrected chi connectivity index (χ4v) is 4.91. The normalized spacial score (nSPS) is 18.3. The van der Waals surface area contributed by atoms with Crippen molar-refractivity contribution in [3.63, 3.8) is 0 Å². The molecule has 6 nitrogen and oxygen atoms in total. The number of aromatic nitrogens is 1. The number of carbonyl (C=O) groups excluding carboxylic acids is 2. The largest absolute Gasteiger partial charge is 0.465 e. The molecule has 0 saturated heterocycles. The van der Waals surface area contributed by atoms with Crippen LogP contribution in [0.4, 0.5) is 0 Å². The maximum Gasteiger partial charge on any atom is 0.339 e. The Kier molecular flexibility index (Phi) is 5.99. The van der Waals surface area contributed by atoms with Gasteiger partial charge in [-0.2, -0.15) is 0 Å². The third-order valence-corrected chi connectivity index (χ3v) is 6.59. The highest BCUT2D eigenvalue weighted by Crippen LogP contribution is 2.36. The number of allylic oxidation sites excluding steroid dienone is 1. The molecule has 1 N–H and O–H groups in total. The molecule has 170 valence electrons. The molecule has 1 aromatic carbocycles. The minimum atomic E-state index is -0.859. The van der Waals surface area contributed by atoms with Gasteiger partial charge in [0.25, 0.3) is 5.91 Å². The lowest BCUT2D eigenvalue weighted by Crippen LogP contribution is -2.41. The van der Waals surface area contributed by atoms with Crippen molar-refractivity contribution in [2.45, 2.75) is 64.0 Å². The van der Waals surface area contributed by atoms with E-state index in [4.69, 9.17) is 14.1 Å². The lowest BCUT2D eigenvalue weighted by Gasteiger charge is -2.23. The third kappa shape index (κ3) is 4.42. The van der Waals surface area contributed by atoms with Crippen molar-refractivity contribution in [3.05, 3.63) is 65.2 Å². The van der Waals surface area contributed by atoms with Crippen LogP contribution in [0.25, 0.3) is 22.6 Å². The van der Waals surface area contributed by atoms with E-state index in [9.17, 15) is 9.59 Å². The van der Waals surface area contributed by atoms with Crippen LogP contribution in [-0.2, 0) is 16.0 Å². The number of nitrogens with one attached hydrogen (secondary N) is 1. The lowest BCUT2D eigenvalue weighted by molar-refractivity contribution is -0.129. The number of benzene rings is 1. The first kappa shape index (κ1) is 21.4. The second-order valence-corrected chi connectivity index (χ2v) is 8.91. The van der Waals surface area contributed by atoms with Gasteiger partial charge in [0.15, 0.2) is 6.10 Å². The SMILES string of the molecule is CC(OC(=O)c1c2c(nc3ccccc13)C(=Cc1ccco1)CCC2)C(=O)NC1CCCC1. The van der Waals surface area contributed by atoms with Gasteiger partial charge in [0.2, 0.25) is 0 Å². The van der Waals surface area contributed by atoms with E-state index in [0.29, 0.717) is 5.56 Å². The van der Waals surface area contributed by atoms with Crippen molar-refractivity contribution in [2.75, 3.05) is 0 Å². The van der Waals surface area contributed by atoms with Gasteiger partial charge in [-0.05, 0) is 74.4 Å². The van der Waals surface area contributed by atoms with Crippen molar-refractivity contribution in [1.29, 1.82) is 0 Å². The summed E-state index contributed by atoms with van der Waals surface area (Å²) in [4.78, 5) is 31.0. The van der Waals surface area contributed by atoms with Crippen LogP contribution >= 0.6 is 0 Å². The molecule has 1 atom stereocenters. The summed E-state index contributed by atoms with van der Waals surface area (Å²) in [5, 5.41) is 3.77. The minimum Gasteiger partial charge on any atom is -0.465 e. The highest BCUT2D eigenvalue weighted by atomic mass is 16.5. The molecule has 6 heteroatoms. The molecule has 5 rings (SSSR count). The van der Waals surface area contributed by atoms with Crippen LogP contribution in [0.3, 0.4) is 0 Å². The predicted molar refractivity (Wildman–Crippen MR) is 127 cm³/mol. The van der Waals surface area contributed by atoms with Crippen molar-refractivity contribution >= 4 is 34.4 Å². The molecule has 2 aliphatic carbocycles. The molecule has 1 amide bonds.